The van der Waals surface area contributed by atoms with E-state index in [-0.39, 0.29) is 6.10 Å². The van der Waals surface area contributed by atoms with Gasteiger partial charge in [0.25, 0.3) is 0 Å². The Hall–Kier alpha value is -2.08. The van der Waals surface area contributed by atoms with E-state index in [1.54, 1.807) is 12.4 Å². The van der Waals surface area contributed by atoms with Gasteiger partial charge in [0, 0.05) is 5.69 Å². The predicted molar refractivity (Wildman–Crippen MR) is 83.6 cm³/mol. The predicted octanol–water partition coefficient (Wildman–Crippen LogP) is 3.85. The van der Waals surface area contributed by atoms with Gasteiger partial charge in [-0.25, -0.2) is 9.78 Å². The highest BCUT2D eigenvalue weighted by atomic mass is 32.1. The van der Waals surface area contributed by atoms with Gasteiger partial charge in [0.15, 0.2) is 5.69 Å². The maximum atomic E-state index is 11.8. The summed E-state index contributed by atoms with van der Waals surface area (Å²) in [7, 11) is 0. The van der Waals surface area contributed by atoms with Crippen LogP contribution in [0.15, 0.2) is 29.8 Å². The van der Waals surface area contributed by atoms with Crippen molar-refractivity contribution in [2.45, 2.75) is 26.9 Å². The molecule has 112 valence electrons. The summed E-state index contributed by atoms with van der Waals surface area (Å²) in [5.41, 5.74) is 2.79. The van der Waals surface area contributed by atoms with Crippen LogP contribution in [0.2, 0.25) is 0 Å². The second-order valence-corrected chi connectivity index (χ2v) is 5.42. The van der Waals surface area contributed by atoms with E-state index in [4.69, 9.17) is 9.47 Å². The number of carbonyl (C=O) groups is 1. The minimum atomic E-state index is -0.416. The quantitative estimate of drug-likeness (QED) is 0.821. The van der Waals surface area contributed by atoms with Gasteiger partial charge in [0.05, 0.1) is 18.2 Å². The molecule has 0 aliphatic rings. The summed E-state index contributed by atoms with van der Waals surface area (Å²) in [6.45, 7) is 6.06. The minimum Gasteiger partial charge on any atom is -0.491 e. The van der Waals surface area contributed by atoms with Crippen LogP contribution in [0.4, 0.5) is 10.7 Å². The molecule has 0 aliphatic carbocycles. The van der Waals surface area contributed by atoms with E-state index in [0.717, 1.165) is 11.4 Å². The number of ether oxygens (including phenoxy) is 2. The van der Waals surface area contributed by atoms with E-state index in [1.165, 1.54) is 11.3 Å². The van der Waals surface area contributed by atoms with E-state index in [0.29, 0.717) is 17.3 Å². The number of benzene rings is 1. The van der Waals surface area contributed by atoms with Gasteiger partial charge in [-0.1, -0.05) is 0 Å². The number of thiazole rings is 1. The normalized spacial score (nSPS) is 10.5. The van der Waals surface area contributed by atoms with Crippen LogP contribution in [0, 0.1) is 0 Å². The van der Waals surface area contributed by atoms with Crippen LogP contribution >= 0.6 is 11.3 Å². The smallest absolute Gasteiger partial charge is 0.360 e. The molecule has 0 unspecified atom stereocenters. The van der Waals surface area contributed by atoms with Crippen molar-refractivity contribution in [3.05, 3.63) is 35.5 Å². The zero-order chi connectivity index (χ0) is 15.2. The van der Waals surface area contributed by atoms with Crippen molar-refractivity contribution in [1.82, 2.24) is 4.98 Å². The number of carbonyl (C=O) groups excluding carboxylic acids is 1. The minimum absolute atomic E-state index is 0.140. The van der Waals surface area contributed by atoms with Gasteiger partial charge >= 0.3 is 5.97 Å². The molecule has 1 aromatic heterocycles. The lowest BCUT2D eigenvalue weighted by Crippen LogP contribution is -2.07. The van der Waals surface area contributed by atoms with Crippen molar-refractivity contribution in [1.29, 1.82) is 0 Å². The third kappa shape index (κ3) is 4.19. The van der Waals surface area contributed by atoms with E-state index in [2.05, 4.69) is 10.3 Å². The second kappa shape index (κ2) is 7.08. The van der Waals surface area contributed by atoms with Crippen molar-refractivity contribution < 1.29 is 14.3 Å². The molecule has 6 heteroatoms. The van der Waals surface area contributed by atoms with Gasteiger partial charge in [-0.2, -0.15) is 0 Å². The van der Waals surface area contributed by atoms with Crippen molar-refractivity contribution in [2.24, 2.45) is 0 Å². The summed E-state index contributed by atoms with van der Waals surface area (Å²) in [6.07, 6.45) is 0.140. The van der Waals surface area contributed by atoms with Crippen LogP contribution in [0.3, 0.4) is 0 Å². The zero-order valence-electron chi connectivity index (χ0n) is 12.3. The summed E-state index contributed by atoms with van der Waals surface area (Å²) < 4.78 is 10.6. The van der Waals surface area contributed by atoms with Gasteiger partial charge in [0.2, 0.25) is 0 Å². The molecule has 2 rings (SSSR count). The Balaban J connectivity index is 2.08. The number of anilines is 2. The average molecular weight is 306 g/mol. The van der Waals surface area contributed by atoms with Gasteiger partial charge < -0.3 is 14.8 Å². The molecule has 5 nitrogen and oxygen atoms in total. The monoisotopic (exact) mass is 306 g/mol. The summed E-state index contributed by atoms with van der Waals surface area (Å²) in [5.74, 6) is 0.395. The summed E-state index contributed by atoms with van der Waals surface area (Å²) in [6, 6.07) is 7.56. The SMILES string of the molecule is CCOC(=O)c1ncsc1Nc1ccc(OC(C)C)cc1. The van der Waals surface area contributed by atoms with Gasteiger partial charge in [-0.05, 0) is 45.0 Å². The molecule has 2 aromatic rings. The van der Waals surface area contributed by atoms with E-state index >= 15 is 0 Å². The Bertz CT molecular complexity index is 593. The van der Waals surface area contributed by atoms with Crippen molar-refractivity contribution in [3.63, 3.8) is 0 Å². The number of nitrogens with one attached hydrogen (secondary N) is 1. The van der Waals surface area contributed by atoms with Crippen LogP contribution in [0.25, 0.3) is 0 Å². The topological polar surface area (TPSA) is 60.5 Å². The fourth-order valence-electron chi connectivity index (χ4n) is 1.70. The summed E-state index contributed by atoms with van der Waals surface area (Å²) in [4.78, 5) is 15.8. The van der Waals surface area contributed by atoms with Crippen LogP contribution in [0.5, 0.6) is 5.75 Å². The average Bonchev–Trinajstić information content (AvgIpc) is 2.89. The molecule has 0 saturated carbocycles. The number of hydrogen-bond acceptors (Lipinski definition) is 6. The van der Waals surface area contributed by atoms with E-state index in [1.807, 2.05) is 38.1 Å². The Morgan fingerprint density at radius 3 is 2.67 bits per heavy atom. The van der Waals surface area contributed by atoms with Crippen LogP contribution in [-0.2, 0) is 4.74 Å². The standard InChI is InChI=1S/C15H18N2O3S/c1-4-19-15(18)13-14(21-9-16-13)17-11-5-7-12(8-6-11)20-10(2)3/h5-10,17H,4H2,1-3H3. The van der Waals surface area contributed by atoms with Crippen LogP contribution in [-0.4, -0.2) is 23.7 Å². The Labute approximate surface area is 127 Å². The first-order valence-electron chi connectivity index (χ1n) is 6.74. The summed E-state index contributed by atoms with van der Waals surface area (Å²) in [5, 5.41) is 3.84. The van der Waals surface area contributed by atoms with E-state index in [9.17, 15) is 4.79 Å². The zero-order valence-corrected chi connectivity index (χ0v) is 13.1. The third-order valence-electron chi connectivity index (χ3n) is 2.52. The lowest BCUT2D eigenvalue weighted by atomic mass is 10.3. The first-order valence-corrected chi connectivity index (χ1v) is 7.62. The number of nitrogens with zero attached hydrogens (tertiary/aromatic N) is 1. The molecular formula is C15H18N2O3S. The molecule has 21 heavy (non-hydrogen) atoms. The molecular weight excluding hydrogens is 288 g/mol. The Kier molecular flexibility index (Phi) is 5.16. The molecule has 0 bridgehead atoms. The Morgan fingerprint density at radius 1 is 1.33 bits per heavy atom. The lowest BCUT2D eigenvalue weighted by Gasteiger charge is -2.11. The van der Waals surface area contributed by atoms with Crippen molar-refractivity contribution >= 4 is 28.0 Å². The highest BCUT2D eigenvalue weighted by Gasteiger charge is 2.16. The molecule has 0 atom stereocenters. The number of rotatable bonds is 6. The van der Waals surface area contributed by atoms with Crippen LogP contribution in [0.1, 0.15) is 31.3 Å². The number of hydrogen-bond donors (Lipinski definition) is 1. The lowest BCUT2D eigenvalue weighted by molar-refractivity contribution is 0.0521. The molecule has 1 aromatic carbocycles. The molecule has 0 spiro atoms. The Morgan fingerprint density at radius 2 is 2.05 bits per heavy atom. The molecule has 0 saturated heterocycles. The van der Waals surface area contributed by atoms with E-state index < -0.39 is 5.97 Å². The molecule has 0 amide bonds. The molecule has 0 aliphatic heterocycles. The second-order valence-electron chi connectivity index (χ2n) is 4.57. The highest BCUT2D eigenvalue weighted by molar-refractivity contribution is 7.14. The first-order chi connectivity index (χ1) is 10.1. The largest absolute Gasteiger partial charge is 0.491 e. The van der Waals surface area contributed by atoms with Crippen molar-refractivity contribution in [3.8, 4) is 5.75 Å². The number of aromatic nitrogens is 1. The van der Waals surface area contributed by atoms with Crippen LogP contribution < -0.4 is 10.1 Å². The fourth-order valence-corrected chi connectivity index (χ4v) is 2.39. The molecule has 1 N–H and O–H groups in total. The van der Waals surface area contributed by atoms with Crippen molar-refractivity contribution in [2.75, 3.05) is 11.9 Å². The maximum Gasteiger partial charge on any atom is 0.360 e. The molecule has 1 heterocycles. The molecule has 0 radical (unpaired) electrons. The van der Waals surface area contributed by atoms with Gasteiger partial charge in [0.1, 0.15) is 10.8 Å². The van der Waals surface area contributed by atoms with Gasteiger partial charge in [-0.3, -0.25) is 0 Å². The van der Waals surface area contributed by atoms with Gasteiger partial charge in [-0.15, -0.1) is 11.3 Å². The fraction of sp³-hybridized carbons (Fsp3) is 0.333. The highest BCUT2D eigenvalue weighted by Crippen LogP contribution is 2.26. The third-order valence-corrected chi connectivity index (χ3v) is 3.26. The molecule has 0 fully saturated rings. The maximum absolute atomic E-state index is 11.8. The number of esters is 1. The first kappa shape index (κ1) is 15.3. The summed E-state index contributed by atoms with van der Waals surface area (Å²) >= 11 is 1.36.